The van der Waals surface area contributed by atoms with Crippen LogP contribution in [0.15, 0.2) is 30.6 Å². The number of fused-ring (bicyclic) bond motifs is 1. The predicted octanol–water partition coefficient (Wildman–Crippen LogP) is 2.47. The summed E-state index contributed by atoms with van der Waals surface area (Å²) in [5, 5.41) is 2.97. The van der Waals surface area contributed by atoms with E-state index in [1.165, 1.54) is 5.56 Å². The van der Waals surface area contributed by atoms with E-state index in [4.69, 9.17) is 0 Å². The van der Waals surface area contributed by atoms with Crippen molar-refractivity contribution in [2.75, 3.05) is 24.3 Å². The predicted molar refractivity (Wildman–Crippen MR) is 80.5 cm³/mol. The van der Waals surface area contributed by atoms with Crippen LogP contribution in [0.3, 0.4) is 0 Å². The molecule has 6 heteroatoms. The Bertz CT molecular complexity index is 748. The zero-order chi connectivity index (χ0) is 14.1. The Kier molecular flexibility index (Phi) is 2.98. The number of aromatic amines is 1. The number of benzene rings is 1. The molecule has 0 saturated carbocycles. The summed E-state index contributed by atoms with van der Waals surface area (Å²) in [7, 11) is 3.79. The summed E-state index contributed by atoms with van der Waals surface area (Å²) in [6, 6.07) is 8.19. The average molecular weight is 268 g/mol. The molecule has 3 aromatic rings. The molecule has 0 spiro atoms. The van der Waals surface area contributed by atoms with Gasteiger partial charge in [0.25, 0.3) is 0 Å². The second kappa shape index (κ2) is 4.80. The van der Waals surface area contributed by atoms with E-state index in [2.05, 4.69) is 44.3 Å². The standard InChI is InChI=1S/C14H16N6/c1-9-6-4-5-7-10(9)20(3)13-11-12(17-8-16-11)18-14(15-2)19-13/h4-8H,1-3H3,(H2,15,16,17,18,19). The summed E-state index contributed by atoms with van der Waals surface area (Å²) in [4.78, 5) is 18.2. The number of para-hydroxylation sites is 1. The van der Waals surface area contributed by atoms with Gasteiger partial charge in [-0.2, -0.15) is 9.97 Å². The summed E-state index contributed by atoms with van der Waals surface area (Å²) in [6.45, 7) is 2.08. The SMILES string of the molecule is CNc1nc(N(C)c2ccccc2C)c2[nH]cnc2n1. The van der Waals surface area contributed by atoms with E-state index in [1.54, 1.807) is 13.4 Å². The van der Waals surface area contributed by atoms with Gasteiger partial charge in [0.15, 0.2) is 11.5 Å². The van der Waals surface area contributed by atoms with E-state index < -0.39 is 0 Å². The average Bonchev–Trinajstić information content (AvgIpc) is 2.94. The van der Waals surface area contributed by atoms with Gasteiger partial charge in [0.05, 0.1) is 6.33 Å². The Hall–Kier alpha value is -2.63. The summed E-state index contributed by atoms with van der Waals surface area (Å²) in [6.07, 6.45) is 1.63. The maximum atomic E-state index is 4.54. The van der Waals surface area contributed by atoms with Gasteiger partial charge in [-0.05, 0) is 18.6 Å². The molecule has 0 bridgehead atoms. The molecule has 0 aliphatic rings. The van der Waals surface area contributed by atoms with Crippen molar-refractivity contribution < 1.29 is 0 Å². The van der Waals surface area contributed by atoms with Crippen molar-refractivity contribution in [2.24, 2.45) is 0 Å². The van der Waals surface area contributed by atoms with Crippen molar-refractivity contribution in [3.05, 3.63) is 36.2 Å². The second-order valence-corrected chi connectivity index (χ2v) is 4.57. The van der Waals surface area contributed by atoms with Gasteiger partial charge in [-0.3, -0.25) is 0 Å². The van der Waals surface area contributed by atoms with Crippen LogP contribution in [0.25, 0.3) is 11.2 Å². The summed E-state index contributed by atoms with van der Waals surface area (Å²) < 4.78 is 0. The first-order valence-corrected chi connectivity index (χ1v) is 6.39. The van der Waals surface area contributed by atoms with E-state index in [-0.39, 0.29) is 0 Å². The highest BCUT2D eigenvalue weighted by atomic mass is 15.2. The van der Waals surface area contributed by atoms with E-state index in [1.807, 2.05) is 24.1 Å². The van der Waals surface area contributed by atoms with E-state index >= 15 is 0 Å². The maximum Gasteiger partial charge on any atom is 0.226 e. The second-order valence-electron chi connectivity index (χ2n) is 4.57. The number of imidazole rings is 1. The molecule has 0 aliphatic heterocycles. The third-order valence-electron chi connectivity index (χ3n) is 3.28. The van der Waals surface area contributed by atoms with Crippen molar-refractivity contribution in [3.8, 4) is 0 Å². The number of aromatic nitrogens is 4. The smallest absolute Gasteiger partial charge is 0.226 e. The van der Waals surface area contributed by atoms with Gasteiger partial charge < -0.3 is 15.2 Å². The van der Waals surface area contributed by atoms with Crippen molar-refractivity contribution in [3.63, 3.8) is 0 Å². The third kappa shape index (κ3) is 1.95. The number of nitrogens with zero attached hydrogens (tertiary/aromatic N) is 4. The number of hydrogen-bond acceptors (Lipinski definition) is 5. The van der Waals surface area contributed by atoms with Crippen LogP contribution in [0.1, 0.15) is 5.56 Å². The molecule has 2 aromatic heterocycles. The molecule has 0 fully saturated rings. The lowest BCUT2D eigenvalue weighted by atomic mass is 10.2. The van der Waals surface area contributed by atoms with Gasteiger partial charge in [-0.25, -0.2) is 4.98 Å². The lowest BCUT2D eigenvalue weighted by Gasteiger charge is -2.21. The molecule has 20 heavy (non-hydrogen) atoms. The molecule has 0 amide bonds. The lowest BCUT2D eigenvalue weighted by molar-refractivity contribution is 1.09. The number of anilines is 3. The molecule has 6 nitrogen and oxygen atoms in total. The zero-order valence-electron chi connectivity index (χ0n) is 11.7. The zero-order valence-corrected chi connectivity index (χ0v) is 11.7. The Balaban J connectivity index is 2.18. The number of rotatable bonds is 3. The molecule has 1 aromatic carbocycles. The van der Waals surface area contributed by atoms with E-state index in [0.29, 0.717) is 11.6 Å². The summed E-state index contributed by atoms with van der Waals surface area (Å²) in [5.41, 5.74) is 3.77. The van der Waals surface area contributed by atoms with Gasteiger partial charge >= 0.3 is 0 Å². The first-order valence-electron chi connectivity index (χ1n) is 6.39. The van der Waals surface area contributed by atoms with Crippen LogP contribution in [-0.2, 0) is 0 Å². The Morgan fingerprint density at radius 2 is 2.00 bits per heavy atom. The fourth-order valence-corrected chi connectivity index (χ4v) is 2.23. The fraction of sp³-hybridized carbons (Fsp3) is 0.214. The highest BCUT2D eigenvalue weighted by Gasteiger charge is 2.15. The largest absolute Gasteiger partial charge is 0.357 e. The minimum Gasteiger partial charge on any atom is -0.357 e. The number of hydrogen-bond donors (Lipinski definition) is 2. The number of aryl methyl sites for hydroxylation is 1. The van der Waals surface area contributed by atoms with E-state index in [0.717, 1.165) is 17.0 Å². The molecule has 102 valence electrons. The summed E-state index contributed by atoms with van der Waals surface area (Å²) in [5.74, 6) is 1.35. The minimum atomic E-state index is 0.556. The van der Waals surface area contributed by atoms with Crippen LogP contribution in [0, 0.1) is 6.92 Å². The molecule has 0 atom stereocenters. The van der Waals surface area contributed by atoms with Gasteiger partial charge in [0.2, 0.25) is 5.95 Å². The number of nitrogens with one attached hydrogen (secondary N) is 2. The van der Waals surface area contributed by atoms with Gasteiger partial charge in [-0.1, -0.05) is 18.2 Å². The quantitative estimate of drug-likeness (QED) is 0.763. The highest BCUT2D eigenvalue weighted by molar-refractivity contribution is 5.87. The fourth-order valence-electron chi connectivity index (χ4n) is 2.23. The first-order chi connectivity index (χ1) is 9.70. The minimum absolute atomic E-state index is 0.556. The molecular weight excluding hydrogens is 252 g/mol. The van der Waals surface area contributed by atoms with Crippen LogP contribution in [0.2, 0.25) is 0 Å². The number of H-pyrrole nitrogens is 1. The van der Waals surface area contributed by atoms with Gasteiger partial charge in [0.1, 0.15) is 5.52 Å². The van der Waals surface area contributed by atoms with Crippen LogP contribution in [0.5, 0.6) is 0 Å². The van der Waals surface area contributed by atoms with Crippen LogP contribution < -0.4 is 10.2 Å². The Morgan fingerprint density at radius 1 is 1.20 bits per heavy atom. The van der Waals surface area contributed by atoms with Gasteiger partial charge in [-0.15, -0.1) is 0 Å². The highest BCUT2D eigenvalue weighted by Crippen LogP contribution is 2.29. The van der Waals surface area contributed by atoms with Crippen molar-refractivity contribution >= 4 is 28.6 Å². The first kappa shape index (κ1) is 12.4. The molecule has 2 heterocycles. The van der Waals surface area contributed by atoms with Crippen molar-refractivity contribution in [1.82, 2.24) is 19.9 Å². The molecular formula is C14H16N6. The molecule has 3 rings (SSSR count). The lowest BCUT2D eigenvalue weighted by Crippen LogP contribution is -2.14. The van der Waals surface area contributed by atoms with Crippen molar-refractivity contribution in [2.45, 2.75) is 6.92 Å². The van der Waals surface area contributed by atoms with Crippen LogP contribution in [0.4, 0.5) is 17.5 Å². The molecule has 0 saturated heterocycles. The summed E-state index contributed by atoms with van der Waals surface area (Å²) >= 11 is 0. The normalized spacial score (nSPS) is 10.8. The Morgan fingerprint density at radius 3 is 2.75 bits per heavy atom. The van der Waals surface area contributed by atoms with Crippen LogP contribution >= 0.6 is 0 Å². The molecule has 2 N–H and O–H groups in total. The maximum absolute atomic E-state index is 4.54. The molecule has 0 unspecified atom stereocenters. The molecule has 0 aliphatic carbocycles. The monoisotopic (exact) mass is 268 g/mol. The topological polar surface area (TPSA) is 69.7 Å². The third-order valence-corrected chi connectivity index (χ3v) is 3.28. The van der Waals surface area contributed by atoms with E-state index in [9.17, 15) is 0 Å². The molecule has 0 radical (unpaired) electrons. The Labute approximate surface area is 116 Å². The van der Waals surface area contributed by atoms with Crippen molar-refractivity contribution in [1.29, 1.82) is 0 Å². The van der Waals surface area contributed by atoms with Gasteiger partial charge in [0, 0.05) is 19.8 Å². The van der Waals surface area contributed by atoms with Crippen LogP contribution in [-0.4, -0.2) is 34.0 Å².